The Morgan fingerprint density at radius 1 is 1.12 bits per heavy atom. The van der Waals surface area contributed by atoms with Crippen LogP contribution >= 0.6 is 0 Å². The minimum atomic E-state index is -0.277. The van der Waals surface area contributed by atoms with Gasteiger partial charge in [0.05, 0.1) is 7.11 Å². The number of rotatable bonds is 6. The average molecular weight is 358 g/mol. The average Bonchev–Trinajstić information content (AvgIpc) is 2.58. The van der Waals surface area contributed by atoms with Gasteiger partial charge < -0.3 is 4.74 Å². The molecule has 0 N–H and O–H groups in total. The van der Waals surface area contributed by atoms with Crippen molar-refractivity contribution in [2.24, 2.45) is 0 Å². The number of aryl methyl sites for hydroxylation is 1. The lowest BCUT2D eigenvalue weighted by atomic mass is 9.84. The predicted octanol–water partition coefficient (Wildman–Crippen LogP) is 6.80. The van der Waals surface area contributed by atoms with E-state index in [2.05, 4.69) is 26.0 Å². The third-order valence-corrected chi connectivity index (χ3v) is 5.04. The van der Waals surface area contributed by atoms with E-state index in [4.69, 9.17) is 9.72 Å². The van der Waals surface area contributed by atoms with Gasteiger partial charge in [-0.15, -0.1) is 0 Å². The summed E-state index contributed by atoms with van der Waals surface area (Å²) in [6.45, 7) is 12.5. The van der Waals surface area contributed by atoms with E-state index in [1.165, 1.54) is 6.07 Å². The molecule has 1 aromatic carbocycles. The van der Waals surface area contributed by atoms with Crippen LogP contribution in [0.3, 0.4) is 0 Å². The lowest BCUT2D eigenvalue weighted by molar-refractivity contribution is 0.410. The molecule has 1 aromatic heterocycles. The maximum Gasteiger partial charge on any atom is 0.130 e. The first kappa shape index (κ1) is 20.4. The molecule has 26 heavy (non-hydrogen) atoms. The molecule has 0 bridgehead atoms. The summed E-state index contributed by atoms with van der Waals surface area (Å²) >= 11 is 0. The summed E-state index contributed by atoms with van der Waals surface area (Å²) in [6, 6.07) is 7.64. The molecule has 1 atom stereocenters. The Kier molecular flexibility index (Phi) is 6.44. The highest BCUT2D eigenvalue weighted by Crippen LogP contribution is 2.38. The highest BCUT2D eigenvalue weighted by Gasteiger charge is 2.23. The van der Waals surface area contributed by atoms with Crippen LogP contribution in [0.4, 0.5) is 4.39 Å². The third-order valence-electron chi connectivity index (χ3n) is 5.04. The quantitative estimate of drug-likeness (QED) is 0.567. The fourth-order valence-electron chi connectivity index (χ4n) is 3.51. The fourth-order valence-corrected chi connectivity index (χ4v) is 3.51. The van der Waals surface area contributed by atoms with Crippen LogP contribution < -0.4 is 4.74 Å². The van der Waals surface area contributed by atoms with Gasteiger partial charge in [-0.3, -0.25) is 4.98 Å². The molecule has 1 unspecified atom stereocenters. The molecule has 0 aliphatic rings. The van der Waals surface area contributed by atoms with Crippen molar-refractivity contribution in [2.75, 3.05) is 7.11 Å². The minimum Gasteiger partial charge on any atom is -0.496 e. The minimum absolute atomic E-state index is 0.227. The van der Waals surface area contributed by atoms with Crippen LogP contribution in [0.5, 0.6) is 5.75 Å². The molecule has 0 aliphatic carbocycles. The van der Waals surface area contributed by atoms with Gasteiger partial charge in [0.1, 0.15) is 11.6 Å². The lowest BCUT2D eigenvalue weighted by Crippen LogP contribution is -2.14. The molecule has 0 spiro atoms. The van der Waals surface area contributed by atoms with E-state index in [0.29, 0.717) is 17.2 Å². The normalized spacial score (nSPS) is 12.9. The summed E-state index contributed by atoms with van der Waals surface area (Å²) in [6.07, 6.45) is 3.39. The molecule has 3 heteroatoms. The van der Waals surface area contributed by atoms with Crippen molar-refractivity contribution in [3.8, 4) is 16.9 Å². The number of pyridine rings is 1. The van der Waals surface area contributed by atoms with Crippen molar-refractivity contribution in [3.63, 3.8) is 0 Å². The number of methoxy groups -OCH3 is 1. The highest BCUT2D eigenvalue weighted by molar-refractivity contribution is 5.73. The van der Waals surface area contributed by atoms with Gasteiger partial charge in [-0.05, 0) is 42.9 Å². The van der Waals surface area contributed by atoms with Crippen LogP contribution in [0, 0.1) is 12.7 Å². The molecule has 1 heterocycles. The lowest BCUT2D eigenvalue weighted by Gasteiger charge is -2.23. The maximum atomic E-state index is 14.5. The Bertz CT molecular complexity index is 762. The zero-order valence-corrected chi connectivity index (χ0v) is 17.2. The van der Waals surface area contributed by atoms with Gasteiger partial charge in [-0.2, -0.15) is 0 Å². The Morgan fingerprint density at radius 2 is 1.81 bits per heavy atom. The summed E-state index contributed by atoms with van der Waals surface area (Å²) in [7, 11) is 1.58. The van der Waals surface area contributed by atoms with E-state index in [9.17, 15) is 4.39 Å². The number of ether oxygens (including phenoxy) is 1. The van der Waals surface area contributed by atoms with Crippen molar-refractivity contribution in [3.05, 3.63) is 47.0 Å². The largest absolute Gasteiger partial charge is 0.496 e. The van der Waals surface area contributed by atoms with Gasteiger partial charge in [-0.25, -0.2) is 4.39 Å². The molecule has 0 saturated heterocycles. The molecule has 2 rings (SSSR count). The molecular weight excluding hydrogens is 325 g/mol. The first-order chi connectivity index (χ1) is 12.2. The van der Waals surface area contributed by atoms with Gasteiger partial charge in [0, 0.05) is 34.5 Å². The number of hydrogen-bond acceptors (Lipinski definition) is 2. The van der Waals surface area contributed by atoms with Gasteiger partial charge >= 0.3 is 0 Å². The summed E-state index contributed by atoms with van der Waals surface area (Å²) in [5.74, 6) is 0.816. The van der Waals surface area contributed by atoms with Crippen molar-refractivity contribution in [1.82, 2.24) is 4.98 Å². The van der Waals surface area contributed by atoms with Crippen LogP contribution in [-0.4, -0.2) is 12.1 Å². The second kappa shape index (κ2) is 8.20. The van der Waals surface area contributed by atoms with Gasteiger partial charge in [0.15, 0.2) is 0 Å². The van der Waals surface area contributed by atoms with Gasteiger partial charge in [-0.1, -0.05) is 47.1 Å². The van der Waals surface area contributed by atoms with Crippen molar-refractivity contribution >= 4 is 0 Å². The van der Waals surface area contributed by atoms with Crippen molar-refractivity contribution < 1.29 is 9.13 Å². The summed E-state index contributed by atoms with van der Waals surface area (Å²) in [4.78, 5) is 4.88. The van der Waals surface area contributed by atoms with Crippen molar-refractivity contribution in [1.29, 1.82) is 0 Å². The van der Waals surface area contributed by atoms with E-state index >= 15 is 0 Å². The Labute approximate surface area is 157 Å². The van der Waals surface area contributed by atoms with E-state index in [-0.39, 0.29) is 11.2 Å². The van der Waals surface area contributed by atoms with E-state index < -0.39 is 0 Å². The summed E-state index contributed by atoms with van der Waals surface area (Å²) in [5.41, 5.74) is 4.42. The molecule has 142 valence electrons. The predicted molar refractivity (Wildman–Crippen MR) is 108 cm³/mol. The second-order valence-corrected chi connectivity index (χ2v) is 8.05. The molecule has 0 saturated carbocycles. The third kappa shape index (κ3) is 4.25. The van der Waals surface area contributed by atoms with Crippen LogP contribution in [0.25, 0.3) is 11.1 Å². The molecule has 0 aliphatic heterocycles. The van der Waals surface area contributed by atoms with Crippen LogP contribution in [0.1, 0.15) is 76.8 Å². The zero-order chi connectivity index (χ0) is 19.5. The molecule has 0 fully saturated rings. The Hall–Kier alpha value is -1.90. The van der Waals surface area contributed by atoms with Crippen molar-refractivity contribution in [2.45, 2.75) is 72.1 Å². The SMILES string of the molecule is CCCC(CC)c1ccc(-c2cc(C(C)(C)C)c(F)cc2OC)c(C)n1. The molecule has 0 radical (unpaired) electrons. The smallest absolute Gasteiger partial charge is 0.130 e. The Balaban J connectivity index is 2.57. The number of benzene rings is 1. The first-order valence-corrected chi connectivity index (χ1v) is 9.58. The number of hydrogen-bond donors (Lipinski definition) is 0. The first-order valence-electron chi connectivity index (χ1n) is 9.58. The number of aromatic nitrogens is 1. The zero-order valence-electron chi connectivity index (χ0n) is 17.2. The standard InChI is InChI=1S/C23H32FNO/c1-8-10-16(9-2)21-12-11-17(15(3)25-21)18-13-19(23(4,5)6)20(24)14-22(18)26-7/h11-14,16H,8-10H2,1-7H3. The van der Waals surface area contributed by atoms with E-state index in [0.717, 1.165) is 41.8 Å². The highest BCUT2D eigenvalue weighted by atomic mass is 19.1. The fraction of sp³-hybridized carbons (Fsp3) is 0.522. The van der Waals surface area contributed by atoms with Gasteiger partial charge in [0.2, 0.25) is 0 Å². The molecule has 2 nitrogen and oxygen atoms in total. The summed E-state index contributed by atoms with van der Waals surface area (Å²) in [5, 5.41) is 0. The van der Waals surface area contributed by atoms with Crippen LogP contribution in [0.15, 0.2) is 24.3 Å². The maximum absolute atomic E-state index is 14.5. The number of halogens is 1. The van der Waals surface area contributed by atoms with Crippen LogP contribution in [-0.2, 0) is 5.41 Å². The second-order valence-electron chi connectivity index (χ2n) is 8.05. The molecule has 2 aromatic rings. The topological polar surface area (TPSA) is 22.1 Å². The van der Waals surface area contributed by atoms with Crippen LogP contribution in [0.2, 0.25) is 0 Å². The summed E-state index contributed by atoms with van der Waals surface area (Å²) < 4.78 is 20.0. The molecular formula is C23H32FNO. The monoisotopic (exact) mass is 357 g/mol. The number of nitrogens with zero attached hydrogens (tertiary/aromatic N) is 1. The molecule has 0 amide bonds. The van der Waals surface area contributed by atoms with E-state index in [1.807, 2.05) is 33.8 Å². The van der Waals surface area contributed by atoms with Gasteiger partial charge in [0.25, 0.3) is 0 Å². The van der Waals surface area contributed by atoms with E-state index in [1.54, 1.807) is 7.11 Å². The Morgan fingerprint density at radius 3 is 2.31 bits per heavy atom.